The fourth-order valence-corrected chi connectivity index (χ4v) is 4.03. The van der Waals surface area contributed by atoms with Crippen LogP contribution in [0.25, 0.3) is 0 Å². The maximum Gasteiger partial charge on any atom is 0.166 e. The van der Waals surface area contributed by atoms with Crippen molar-refractivity contribution in [1.29, 1.82) is 0 Å². The first-order valence-corrected chi connectivity index (χ1v) is 9.44. The molecular formula is C22H28FNO3. The number of benzene rings is 2. The van der Waals surface area contributed by atoms with E-state index in [0.29, 0.717) is 11.5 Å². The first-order chi connectivity index (χ1) is 13.1. The molecule has 0 radical (unpaired) electrons. The molecule has 3 rings (SSSR count). The Labute approximate surface area is 160 Å². The number of hydrogen-bond acceptors (Lipinski definition) is 4. The van der Waals surface area contributed by atoms with Crippen LogP contribution in [-0.4, -0.2) is 37.3 Å². The Kier molecular flexibility index (Phi) is 6.34. The molecule has 5 heteroatoms. The van der Waals surface area contributed by atoms with E-state index in [1.165, 1.54) is 6.07 Å². The largest absolute Gasteiger partial charge is 0.493 e. The van der Waals surface area contributed by atoms with Gasteiger partial charge in [0.15, 0.2) is 11.5 Å². The highest BCUT2D eigenvalue weighted by molar-refractivity contribution is 5.47. The van der Waals surface area contributed by atoms with Gasteiger partial charge in [-0.15, -0.1) is 0 Å². The standard InChI is InChI=1S/C22H28FNO3/c1-15(17-7-4-5-9-19(17)23)24-13-11-16(12-14-24)21(25)18-8-6-10-20(26-2)22(18)27-3/h4-10,15-16,21,25H,11-14H2,1-3H3. The second-order valence-electron chi connectivity index (χ2n) is 7.10. The third-order valence-corrected chi connectivity index (χ3v) is 5.68. The molecule has 1 N–H and O–H groups in total. The van der Waals surface area contributed by atoms with Gasteiger partial charge in [-0.05, 0) is 50.9 Å². The van der Waals surface area contributed by atoms with Gasteiger partial charge in [-0.1, -0.05) is 30.3 Å². The predicted octanol–water partition coefficient (Wildman–Crippen LogP) is 4.35. The number of ether oxygens (including phenoxy) is 2. The van der Waals surface area contributed by atoms with Crippen molar-refractivity contribution in [3.8, 4) is 11.5 Å². The molecule has 0 spiro atoms. The van der Waals surface area contributed by atoms with Crippen molar-refractivity contribution in [1.82, 2.24) is 4.90 Å². The summed E-state index contributed by atoms with van der Waals surface area (Å²) in [5.41, 5.74) is 1.49. The van der Waals surface area contributed by atoms with Crippen molar-refractivity contribution in [2.24, 2.45) is 5.92 Å². The fourth-order valence-electron chi connectivity index (χ4n) is 4.03. The highest BCUT2D eigenvalue weighted by Crippen LogP contribution is 2.40. The van der Waals surface area contributed by atoms with E-state index in [4.69, 9.17) is 9.47 Å². The summed E-state index contributed by atoms with van der Waals surface area (Å²) >= 11 is 0. The molecule has 1 aliphatic heterocycles. The number of hydrogen-bond donors (Lipinski definition) is 1. The van der Waals surface area contributed by atoms with E-state index < -0.39 is 6.10 Å². The Morgan fingerprint density at radius 1 is 1.00 bits per heavy atom. The van der Waals surface area contributed by atoms with E-state index in [0.717, 1.165) is 37.1 Å². The third-order valence-electron chi connectivity index (χ3n) is 5.68. The second kappa shape index (κ2) is 8.72. The minimum absolute atomic E-state index is 0.0237. The van der Waals surface area contributed by atoms with Gasteiger partial charge >= 0.3 is 0 Å². The molecule has 2 aromatic carbocycles. The van der Waals surface area contributed by atoms with Crippen LogP contribution in [-0.2, 0) is 0 Å². The number of para-hydroxylation sites is 1. The summed E-state index contributed by atoms with van der Waals surface area (Å²) in [6.07, 6.45) is 1.08. The number of likely N-dealkylation sites (tertiary alicyclic amines) is 1. The lowest BCUT2D eigenvalue weighted by Crippen LogP contribution is -2.37. The summed E-state index contributed by atoms with van der Waals surface area (Å²) in [5, 5.41) is 10.9. The molecule has 1 saturated heterocycles. The van der Waals surface area contributed by atoms with Crippen molar-refractivity contribution in [3.63, 3.8) is 0 Å². The van der Waals surface area contributed by atoms with Crippen LogP contribution >= 0.6 is 0 Å². The van der Waals surface area contributed by atoms with Crippen LogP contribution in [0.1, 0.15) is 43.0 Å². The second-order valence-corrected chi connectivity index (χ2v) is 7.10. The quantitative estimate of drug-likeness (QED) is 0.817. The number of aliphatic hydroxyl groups excluding tert-OH is 1. The minimum atomic E-state index is -0.610. The normalized spacial score (nSPS) is 18.1. The Bertz CT molecular complexity index is 759. The van der Waals surface area contributed by atoms with E-state index in [1.54, 1.807) is 20.3 Å². The van der Waals surface area contributed by atoms with Crippen molar-refractivity contribution < 1.29 is 19.0 Å². The van der Waals surface area contributed by atoms with E-state index >= 15 is 0 Å². The number of nitrogens with zero attached hydrogens (tertiary/aromatic N) is 1. The first kappa shape index (κ1) is 19.6. The fraction of sp³-hybridized carbons (Fsp3) is 0.455. The number of halogens is 1. The number of methoxy groups -OCH3 is 2. The molecule has 2 unspecified atom stereocenters. The van der Waals surface area contributed by atoms with E-state index in [2.05, 4.69) is 4.90 Å². The van der Waals surface area contributed by atoms with Gasteiger partial charge in [-0.25, -0.2) is 4.39 Å². The third kappa shape index (κ3) is 4.09. The highest BCUT2D eigenvalue weighted by Gasteiger charge is 2.31. The highest BCUT2D eigenvalue weighted by atomic mass is 19.1. The van der Waals surface area contributed by atoms with Crippen LogP contribution < -0.4 is 9.47 Å². The van der Waals surface area contributed by atoms with Crippen LogP contribution in [0, 0.1) is 11.7 Å². The lowest BCUT2D eigenvalue weighted by molar-refractivity contribution is 0.0451. The van der Waals surface area contributed by atoms with Crippen LogP contribution in [0.2, 0.25) is 0 Å². The summed E-state index contributed by atoms with van der Waals surface area (Å²) < 4.78 is 24.9. The Morgan fingerprint density at radius 2 is 1.67 bits per heavy atom. The SMILES string of the molecule is COc1cccc(C(O)C2CCN(C(C)c3ccccc3F)CC2)c1OC. The van der Waals surface area contributed by atoms with Gasteiger partial charge in [0.2, 0.25) is 0 Å². The maximum absolute atomic E-state index is 14.1. The van der Waals surface area contributed by atoms with Crippen LogP contribution in [0.4, 0.5) is 4.39 Å². The monoisotopic (exact) mass is 373 g/mol. The molecular weight excluding hydrogens is 345 g/mol. The predicted molar refractivity (Wildman–Crippen MR) is 104 cm³/mol. The molecule has 0 aliphatic carbocycles. The Balaban J connectivity index is 1.68. The maximum atomic E-state index is 14.1. The summed E-state index contributed by atoms with van der Waals surface area (Å²) in [6, 6.07) is 12.6. The summed E-state index contributed by atoms with van der Waals surface area (Å²) in [4.78, 5) is 2.28. The van der Waals surface area contributed by atoms with Gasteiger partial charge in [-0.3, -0.25) is 4.90 Å². The average Bonchev–Trinajstić information content (AvgIpc) is 2.72. The van der Waals surface area contributed by atoms with Gasteiger partial charge in [0.05, 0.1) is 20.3 Å². The zero-order chi connectivity index (χ0) is 19.4. The molecule has 4 nitrogen and oxygen atoms in total. The number of piperidine rings is 1. The molecule has 1 fully saturated rings. The van der Waals surface area contributed by atoms with Crippen molar-refractivity contribution in [2.45, 2.75) is 31.9 Å². The molecule has 2 aromatic rings. The van der Waals surface area contributed by atoms with Crippen LogP contribution in [0.3, 0.4) is 0 Å². The summed E-state index contributed by atoms with van der Waals surface area (Å²) in [7, 11) is 3.18. The molecule has 1 heterocycles. The zero-order valence-electron chi connectivity index (χ0n) is 16.2. The molecule has 1 aliphatic rings. The number of rotatable bonds is 6. The zero-order valence-corrected chi connectivity index (χ0v) is 16.2. The lowest BCUT2D eigenvalue weighted by Gasteiger charge is -2.38. The molecule has 146 valence electrons. The molecule has 0 aromatic heterocycles. The molecule has 0 bridgehead atoms. The van der Waals surface area contributed by atoms with Crippen molar-refractivity contribution in [2.75, 3.05) is 27.3 Å². The lowest BCUT2D eigenvalue weighted by atomic mass is 9.86. The van der Waals surface area contributed by atoms with E-state index in [9.17, 15) is 9.50 Å². The summed E-state index contributed by atoms with van der Waals surface area (Å²) in [5.74, 6) is 1.19. The van der Waals surface area contributed by atoms with Gasteiger partial charge < -0.3 is 14.6 Å². The Morgan fingerprint density at radius 3 is 2.30 bits per heavy atom. The van der Waals surface area contributed by atoms with Crippen molar-refractivity contribution >= 4 is 0 Å². The van der Waals surface area contributed by atoms with Crippen LogP contribution in [0.5, 0.6) is 11.5 Å². The van der Waals surface area contributed by atoms with Gasteiger partial charge in [-0.2, -0.15) is 0 Å². The minimum Gasteiger partial charge on any atom is -0.493 e. The Hall–Kier alpha value is -2.11. The van der Waals surface area contributed by atoms with Gasteiger partial charge in [0, 0.05) is 17.2 Å². The van der Waals surface area contributed by atoms with Gasteiger partial charge in [0.1, 0.15) is 5.82 Å². The van der Waals surface area contributed by atoms with Gasteiger partial charge in [0.25, 0.3) is 0 Å². The molecule has 27 heavy (non-hydrogen) atoms. The number of aliphatic hydroxyl groups is 1. The van der Waals surface area contributed by atoms with E-state index in [-0.39, 0.29) is 17.8 Å². The van der Waals surface area contributed by atoms with Crippen molar-refractivity contribution in [3.05, 3.63) is 59.4 Å². The first-order valence-electron chi connectivity index (χ1n) is 9.44. The molecule has 0 amide bonds. The smallest absolute Gasteiger partial charge is 0.166 e. The summed E-state index contributed by atoms with van der Waals surface area (Å²) in [6.45, 7) is 3.69. The van der Waals surface area contributed by atoms with E-state index in [1.807, 2.05) is 37.3 Å². The molecule has 0 saturated carbocycles. The topological polar surface area (TPSA) is 41.9 Å². The average molecular weight is 373 g/mol. The molecule has 2 atom stereocenters. The van der Waals surface area contributed by atoms with Crippen LogP contribution in [0.15, 0.2) is 42.5 Å².